The number of amides is 1. The van der Waals surface area contributed by atoms with Crippen molar-refractivity contribution in [1.82, 2.24) is 24.8 Å². The normalized spacial score (nSPS) is 18.6. The monoisotopic (exact) mass is 495 g/mol. The van der Waals surface area contributed by atoms with E-state index < -0.39 is 0 Å². The van der Waals surface area contributed by atoms with Crippen molar-refractivity contribution in [2.75, 3.05) is 26.8 Å². The number of fused-ring (bicyclic) bond motifs is 2. The Hall–Kier alpha value is -4.17. The van der Waals surface area contributed by atoms with Gasteiger partial charge in [0, 0.05) is 41.9 Å². The molecule has 2 atom stereocenters. The van der Waals surface area contributed by atoms with Gasteiger partial charge in [0.2, 0.25) is 11.8 Å². The first-order chi connectivity index (χ1) is 18.0. The van der Waals surface area contributed by atoms with Gasteiger partial charge in [-0.15, -0.1) is 5.10 Å². The molecule has 1 amide bonds. The number of likely N-dealkylation sites (tertiary alicyclic amines) is 1. The summed E-state index contributed by atoms with van der Waals surface area (Å²) in [5, 5.41) is 8.35. The van der Waals surface area contributed by atoms with Crippen LogP contribution in [0.25, 0.3) is 28.2 Å². The van der Waals surface area contributed by atoms with Crippen LogP contribution in [0.4, 0.5) is 0 Å². The molecule has 37 heavy (non-hydrogen) atoms. The summed E-state index contributed by atoms with van der Waals surface area (Å²) < 4.78 is 13.4. The summed E-state index contributed by atoms with van der Waals surface area (Å²) in [6, 6.07) is 18.7. The average molecular weight is 496 g/mol. The van der Waals surface area contributed by atoms with E-state index in [4.69, 9.17) is 14.5 Å². The molecule has 1 fully saturated rings. The summed E-state index contributed by atoms with van der Waals surface area (Å²) in [4.78, 5) is 18.7. The van der Waals surface area contributed by atoms with E-state index in [-0.39, 0.29) is 18.0 Å². The number of aromatic nitrogens is 3. The second kappa shape index (κ2) is 9.37. The highest BCUT2D eigenvalue weighted by atomic mass is 16.5. The largest absolute Gasteiger partial charge is 0.491 e. The molecule has 0 radical (unpaired) electrons. The molecule has 4 heterocycles. The average Bonchev–Trinajstić information content (AvgIpc) is 3.65. The van der Waals surface area contributed by atoms with Crippen LogP contribution in [0.3, 0.4) is 0 Å². The number of rotatable bonds is 6. The topological polar surface area (TPSA) is 81.0 Å². The van der Waals surface area contributed by atoms with Gasteiger partial charge in [-0.2, -0.15) is 0 Å². The number of nitrogens with zero attached hydrogens (tertiary/aromatic N) is 4. The Kier molecular flexibility index (Phi) is 5.88. The summed E-state index contributed by atoms with van der Waals surface area (Å²) in [6.45, 7) is 7.67. The van der Waals surface area contributed by atoms with Crippen LogP contribution in [-0.4, -0.2) is 58.3 Å². The number of ether oxygens (including phenoxy) is 2. The number of imidazole rings is 1. The van der Waals surface area contributed by atoms with Gasteiger partial charge < -0.3 is 19.7 Å². The van der Waals surface area contributed by atoms with Crippen LogP contribution in [0.2, 0.25) is 0 Å². The summed E-state index contributed by atoms with van der Waals surface area (Å²) in [5.74, 6) is 1.36. The number of benzene rings is 2. The van der Waals surface area contributed by atoms with Crippen LogP contribution >= 0.6 is 0 Å². The molecule has 0 bridgehead atoms. The molecule has 4 aromatic rings. The van der Waals surface area contributed by atoms with E-state index in [9.17, 15) is 4.79 Å². The van der Waals surface area contributed by atoms with Gasteiger partial charge in [-0.1, -0.05) is 42.5 Å². The van der Waals surface area contributed by atoms with Crippen molar-refractivity contribution in [3.05, 3.63) is 78.4 Å². The van der Waals surface area contributed by atoms with Crippen molar-refractivity contribution in [1.29, 1.82) is 0 Å². The molecule has 0 saturated carbocycles. The standard InChI is InChI=1S/C29H29N5O3/c1-4-27(35)33-13-12-21(16-33)30-23-17-37-24-15-19(8-9-22(23)24)28-29(20-7-5-6-18(2)14-20)34-25(31-28)10-11-26(32-34)36-3/h4-11,14-15,21,23,30H,1,12-13,16-17H2,2-3H3/t21?,23-/m0/s1. The van der Waals surface area contributed by atoms with Crippen molar-refractivity contribution in [2.24, 2.45) is 0 Å². The predicted molar refractivity (Wildman–Crippen MR) is 142 cm³/mol. The molecule has 8 heteroatoms. The first kappa shape index (κ1) is 23.2. The van der Waals surface area contributed by atoms with Crippen LogP contribution in [0.5, 0.6) is 11.6 Å². The van der Waals surface area contributed by atoms with Gasteiger partial charge in [0.1, 0.15) is 18.1 Å². The van der Waals surface area contributed by atoms with Gasteiger partial charge >= 0.3 is 0 Å². The van der Waals surface area contributed by atoms with E-state index in [1.807, 2.05) is 27.6 Å². The van der Waals surface area contributed by atoms with Crippen molar-refractivity contribution < 1.29 is 14.3 Å². The molecule has 1 saturated heterocycles. The molecule has 0 spiro atoms. The first-order valence-electron chi connectivity index (χ1n) is 12.5. The van der Waals surface area contributed by atoms with E-state index >= 15 is 0 Å². The van der Waals surface area contributed by atoms with Crippen molar-refractivity contribution in [2.45, 2.75) is 25.4 Å². The van der Waals surface area contributed by atoms with Gasteiger partial charge in [0.05, 0.1) is 18.8 Å². The number of carbonyl (C=O) groups is 1. The summed E-state index contributed by atoms with van der Waals surface area (Å²) in [7, 11) is 1.61. The number of hydrogen-bond donors (Lipinski definition) is 1. The van der Waals surface area contributed by atoms with Crippen molar-refractivity contribution >= 4 is 11.6 Å². The van der Waals surface area contributed by atoms with Gasteiger partial charge in [0.15, 0.2) is 5.65 Å². The van der Waals surface area contributed by atoms with Crippen LogP contribution in [0.15, 0.2) is 67.3 Å². The molecule has 188 valence electrons. The maximum Gasteiger partial charge on any atom is 0.246 e. The number of methoxy groups -OCH3 is 1. The molecule has 6 rings (SSSR count). The quantitative estimate of drug-likeness (QED) is 0.404. The van der Waals surface area contributed by atoms with Crippen molar-refractivity contribution in [3.8, 4) is 34.1 Å². The Morgan fingerprint density at radius 3 is 2.89 bits per heavy atom. The van der Waals surface area contributed by atoms with Crippen LogP contribution in [0, 0.1) is 6.92 Å². The minimum Gasteiger partial charge on any atom is -0.491 e. The van der Waals surface area contributed by atoms with Gasteiger partial charge in [-0.05, 0) is 37.6 Å². The molecule has 2 aliphatic heterocycles. The Balaban J connectivity index is 1.34. The summed E-state index contributed by atoms with van der Waals surface area (Å²) in [6.07, 6.45) is 2.30. The lowest BCUT2D eigenvalue weighted by atomic mass is 10.0. The highest BCUT2D eigenvalue weighted by Gasteiger charge is 2.31. The maximum atomic E-state index is 12.0. The van der Waals surface area contributed by atoms with E-state index in [1.54, 1.807) is 7.11 Å². The fourth-order valence-corrected chi connectivity index (χ4v) is 5.28. The number of aryl methyl sites for hydroxylation is 1. The highest BCUT2D eigenvalue weighted by molar-refractivity contribution is 5.87. The molecular formula is C29H29N5O3. The second-order valence-electron chi connectivity index (χ2n) is 9.58. The third-order valence-corrected chi connectivity index (χ3v) is 7.13. The Morgan fingerprint density at radius 2 is 2.08 bits per heavy atom. The highest BCUT2D eigenvalue weighted by Crippen LogP contribution is 2.39. The van der Waals surface area contributed by atoms with E-state index in [2.05, 4.69) is 60.3 Å². The number of nitrogens with one attached hydrogen (secondary N) is 1. The lowest BCUT2D eigenvalue weighted by molar-refractivity contribution is -0.125. The van der Waals surface area contributed by atoms with Gasteiger partial charge in [-0.25, -0.2) is 9.50 Å². The second-order valence-corrected chi connectivity index (χ2v) is 9.58. The lowest BCUT2D eigenvalue weighted by Gasteiger charge is -2.19. The fourth-order valence-electron chi connectivity index (χ4n) is 5.28. The Labute approximate surface area is 215 Å². The van der Waals surface area contributed by atoms with E-state index in [0.717, 1.165) is 58.0 Å². The van der Waals surface area contributed by atoms with Crippen LogP contribution in [0.1, 0.15) is 23.6 Å². The minimum absolute atomic E-state index is 0.0130. The van der Waals surface area contributed by atoms with Crippen LogP contribution < -0.4 is 14.8 Å². The lowest BCUT2D eigenvalue weighted by Crippen LogP contribution is -2.37. The third kappa shape index (κ3) is 4.23. The maximum absolute atomic E-state index is 12.0. The molecule has 8 nitrogen and oxygen atoms in total. The fraction of sp³-hybridized carbons (Fsp3) is 0.276. The molecular weight excluding hydrogens is 466 g/mol. The molecule has 2 aromatic carbocycles. The van der Waals surface area contributed by atoms with E-state index in [1.165, 1.54) is 6.08 Å². The van der Waals surface area contributed by atoms with E-state index in [0.29, 0.717) is 19.0 Å². The smallest absolute Gasteiger partial charge is 0.246 e. The zero-order valence-electron chi connectivity index (χ0n) is 21.0. The number of hydrogen-bond acceptors (Lipinski definition) is 6. The third-order valence-electron chi connectivity index (χ3n) is 7.13. The molecule has 2 aromatic heterocycles. The van der Waals surface area contributed by atoms with Gasteiger partial charge in [-0.3, -0.25) is 4.79 Å². The Morgan fingerprint density at radius 1 is 1.19 bits per heavy atom. The SMILES string of the molecule is C=CC(=O)N1CCC(N[C@H]2COc3cc(-c4nc5ccc(OC)nn5c4-c4cccc(C)c4)ccc32)C1. The van der Waals surface area contributed by atoms with Gasteiger partial charge in [0.25, 0.3) is 0 Å². The summed E-state index contributed by atoms with van der Waals surface area (Å²) in [5.41, 5.74) is 6.76. The molecule has 2 aliphatic rings. The van der Waals surface area contributed by atoms with Crippen molar-refractivity contribution in [3.63, 3.8) is 0 Å². The predicted octanol–water partition coefficient (Wildman–Crippen LogP) is 4.19. The molecule has 0 aliphatic carbocycles. The number of carbonyl (C=O) groups excluding carboxylic acids is 1. The molecule has 1 N–H and O–H groups in total. The summed E-state index contributed by atoms with van der Waals surface area (Å²) >= 11 is 0. The Bertz CT molecular complexity index is 1510. The minimum atomic E-state index is -0.0130. The zero-order valence-corrected chi connectivity index (χ0v) is 21.0. The first-order valence-corrected chi connectivity index (χ1v) is 12.5. The van der Waals surface area contributed by atoms with Crippen LogP contribution in [-0.2, 0) is 4.79 Å². The zero-order chi connectivity index (χ0) is 25.5. The molecule has 1 unspecified atom stereocenters.